The lowest BCUT2D eigenvalue weighted by Crippen LogP contribution is -2.37. The number of anilines is 1. The molecule has 1 aliphatic heterocycles. The molecule has 2 aromatic heterocycles. The Bertz CT molecular complexity index is 1020. The van der Waals surface area contributed by atoms with Gasteiger partial charge >= 0.3 is 0 Å². The fourth-order valence-corrected chi connectivity index (χ4v) is 4.17. The molecule has 4 rings (SSSR count). The smallest absolute Gasteiger partial charge is 0.276 e. The first-order valence-corrected chi connectivity index (χ1v) is 10.0. The average Bonchev–Trinajstić information content (AvgIpc) is 3.26. The number of amides is 1. The summed E-state index contributed by atoms with van der Waals surface area (Å²) >= 11 is 13.9. The molecule has 0 unspecified atom stereocenters. The van der Waals surface area contributed by atoms with Gasteiger partial charge in [-0.2, -0.15) is 4.98 Å². The van der Waals surface area contributed by atoms with Crippen LogP contribution >= 0.6 is 34.5 Å². The molecule has 0 bridgehead atoms. The quantitative estimate of drug-likeness (QED) is 0.622. The monoisotopic (exact) mass is 437 g/mol. The molecule has 0 N–H and O–H groups in total. The van der Waals surface area contributed by atoms with Crippen molar-refractivity contribution in [2.45, 2.75) is 6.54 Å². The molecule has 1 aliphatic rings. The van der Waals surface area contributed by atoms with E-state index in [2.05, 4.69) is 9.97 Å². The number of carbonyl (C=O) groups is 1. The van der Waals surface area contributed by atoms with Gasteiger partial charge in [0, 0.05) is 35.8 Å². The van der Waals surface area contributed by atoms with E-state index >= 15 is 0 Å². The second-order valence-electron chi connectivity index (χ2n) is 6.44. The number of imidazole rings is 1. The number of thiazole rings is 1. The van der Waals surface area contributed by atoms with E-state index in [0.29, 0.717) is 29.8 Å². The highest BCUT2D eigenvalue weighted by Crippen LogP contribution is 2.31. The van der Waals surface area contributed by atoms with Gasteiger partial charge in [-0.1, -0.05) is 23.7 Å². The van der Waals surface area contributed by atoms with Crippen LogP contribution in [0.1, 0.15) is 15.4 Å². The minimum absolute atomic E-state index is 0.191. The van der Waals surface area contributed by atoms with Crippen molar-refractivity contribution in [2.24, 2.45) is 0 Å². The first kappa shape index (κ1) is 19.2. The number of rotatable bonds is 3. The SMILES string of the molecule is CN1COCN(C)c2nc(Cl)n(Cc3cnc(-c4ccc(Cl)cc4)s3)c2C1=O. The number of hydrogen-bond donors (Lipinski definition) is 0. The molecule has 146 valence electrons. The van der Waals surface area contributed by atoms with Crippen LogP contribution in [0, 0.1) is 0 Å². The van der Waals surface area contributed by atoms with Gasteiger partial charge in [0.1, 0.15) is 18.5 Å². The second-order valence-corrected chi connectivity index (χ2v) is 8.33. The summed E-state index contributed by atoms with van der Waals surface area (Å²) in [7, 11) is 3.50. The molecule has 0 radical (unpaired) electrons. The van der Waals surface area contributed by atoms with E-state index in [1.165, 1.54) is 16.2 Å². The van der Waals surface area contributed by atoms with Crippen molar-refractivity contribution in [3.63, 3.8) is 0 Å². The zero-order valence-corrected chi connectivity index (χ0v) is 17.6. The summed E-state index contributed by atoms with van der Waals surface area (Å²) < 4.78 is 7.19. The van der Waals surface area contributed by atoms with Crippen molar-refractivity contribution in [1.29, 1.82) is 0 Å². The highest BCUT2D eigenvalue weighted by molar-refractivity contribution is 7.15. The van der Waals surface area contributed by atoms with Crippen LogP contribution in [0.3, 0.4) is 0 Å². The van der Waals surface area contributed by atoms with Crippen molar-refractivity contribution in [2.75, 3.05) is 32.5 Å². The Kier molecular flexibility index (Phi) is 5.29. The predicted molar refractivity (Wildman–Crippen MR) is 110 cm³/mol. The summed E-state index contributed by atoms with van der Waals surface area (Å²) in [6, 6.07) is 7.52. The summed E-state index contributed by atoms with van der Waals surface area (Å²) in [4.78, 5) is 26.0. The van der Waals surface area contributed by atoms with E-state index in [9.17, 15) is 4.79 Å². The summed E-state index contributed by atoms with van der Waals surface area (Å²) in [5.41, 5.74) is 1.43. The lowest BCUT2D eigenvalue weighted by atomic mass is 10.2. The molecule has 0 aliphatic carbocycles. The number of halogens is 2. The van der Waals surface area contributed by atoms with Crippen LogP contribution in [0.25, 0.3) is 10.6 Å². The fraction of sp³-hybridized carbons (Fsp3) is 0.278. The van der Waals surface area contributed by atoms with Gasteiger partial charge in [-0.15, -0.1) is 11.3 Å². The lowest BCUT2D eigenvalue weighted by Gasteiger charge is -2.26. The molecule has 0 saturated carbocycles. The highest BCUT2D eigenvalue weighted by Gasteiger charge is 2.29. The third-order valence-corrected chi connectivity index (χ3v) is 5.91. The summed E-state index contributed by atoms with van der Waals surface area (Å²) in [5.74, 6) is 0.312. The number of hydrogen-bond acceptors (Lipinski definition) is 6. The van der Waals surface area contributed by atoms with Gasteiger partial charge in [0.2, 0.25) is 5.28 Å². The maximum absolute atomic E-state index is 12.9. The molecule has 1 amide bonds. The van der Waals surface area contributed by atoms with Gasteiger partial charge < -0.3 is 19.1 Å². The van der Waals surface area contributed by atoms with Gasteiger partial charge in [0.15, 0.2) is 11.5 Å². The van der Waals surface area contributed by atoms with Gasteiger partial charge in [-0.05, 0) is 23.7 Å². The minimum Gasteiger partial charge on any atom is -0.341 e. The van der Waals surface area contributed by atoms with Crippen LogP contribution < -0.4 is 4.90 Å². The van der Waals surface area contributed by atoms with E-state index in [1.54, 1.807) is 22.7 Å². The molecule has 1 aromatic carbocycles. The van der Waals surface area contributed by atoms with E-state index < -0.39 is 0 Å². The van der Waals surface area contributed by atoms with Crippen LogP contribution in [0.5, 0.6) is 0 Å². The maximum atomic E-state index is 12.9. The van der Waals surface area contributed by atoms with Crippen molar-refractivity contribution >= 4 is 46.3 Å². The standard InChI is InChI=1S/C18H17Cl2N5O2S/c1-23-9-27-10-24(2)17(26)14-15(23)22-18(20)25(14)8-13-7-21-16(28-13)11-3-5-12(19)6-4-11/h3-7H,8-10H2,1-2H3. The van der Waals surface area contributed by atoms with Crippen molar-refractivity contribution in [3.05, 3.63) is 51.3 Å². The molecule has 28 heavy (non-hydrogen) atoms. The van der Waals surface area contributed by atoms with Gasteiger partial charge in [-0.3, -0.25) is 4.79 Å². The first-order valence-electron chi connectivity index (χ1n) is 8.45. The van der Waals surface area contributed by atoms with Gasteiger partial charge in [0.25, 0.3) is 5.91 Å². The number of nitrogens with zero attached hydrogens (tertiary/aromatic N) is 5. The molecule has 3 aromatic rings. The normalized spacial score (nSPS) is 14.8. The van der Waals surface area contributed by atoms with Crippen LogP contribution in [-0.4, -0.2) is 52.9 Å². The highest BCUT2D eigenvalue weighted by atomic mass is 35.5. The van der Waals surface area contributed by atoms with Crippen LogP contribution in [0.15, 0.2) is 30.5 Å². The molecular formula is C18H17Cl2N5O2S. The average molecular weight is 438 g/mol. The Hall–Kier alpha value is -2.13. The molecule has 10 heteroatoms. The van der Waals surface area contributed by atoms with Crippen molar-refractivity contribution in [1.82, 2.24) is 19.4 Å². The van der Waals surface area contributed by atoms with E-state index in [4.69, 9.17) is 27.9 Å². The largest absolute Gasteiger partial charge is 0.341 e. The molecule has 7 nitrogen and oxygen atoms in total. The molecule has 0 fully saturated rings. The second kappa shape index (κ2) is 7.71. The zero-order chi connectivity index (χ0) is 19.8. The Morgan fingerprint density at radius 3 is 2.61 bits per heavy atom. The molecule has 3 heterocycles. The zero-order valence-electron chi connectivity index (χ0n) is 15.2. The minimum atomic E-state index is -0.191. The summed E-state index contributed by atoms with van der Waals surface area (Å²) in [5, 5.41) is 1.81. The number of benzene rings is 1. The van der Waals surface area contributed by atoms with E-state index in [0.717, 1.165) is 15.4 Å². The maximum Gasteiger partial charge on any atom is 0.276 e. The third kappa shape index (κ3) is 3.60. The molecule has 0 atom stereocenters. The van der Waals surface area contributed by atoms with Gasteiger partial charge in [-0.25, -0.2) is 4.98 Å². The summed E-state index contributed by atoms with van der Waals surface area (Å²) in [6.07, 6.45) is 1.79. The Morgan fingerprint density at radius 1 is 1.14 bits per heavy atom. The Labute approximate surface area is 176 Å². The fourth-order valence-electron chi connectivity index (χ4n) is 2.91. The number of fused-ring (bicyclic) bond motifs is 1. The molecule has 0 saturated heterocycles. The number of ether oxygens (including phenoxy) is 1. The first-order chi connectivity index (χ1) is 13.4. The van der Waals surface area contributed by atoms with E-state index in [-0.39, 0.29) is 17.9 Å². The predicted octanol–water partition coefficient (Wildman–Crippen LogP) is 3.82. The van der Waals surface area contributed by atoms with Crippen LogP contribution in [0.2, 0.25) is 10.3 Å². The van der Waals surface area contributed by atoms with Crippen LogP contribution in [-0.2, 0) is 11.3 Å². The Balaban J connectivity index is 1.68. The lowest BCUT2D eigenvalue weighted by molar-refractivity contribution is 0.0312. The van der Waals surface area contributed by atoms with Gasteiger partial charge in [0.05, 0.1) is 6.54 Å². The Morgan fingerprint density at radius 2 is 1.86 bits per heavy atom. The summed E-state index contributed by atoms with van der Waals surface area (Å²) in [6.45, 7) is 0.923. The number of carbonyl (C=O) groups excluding carboxylic acids is 1. The molecule has 0 spiro atoms. The van der Waals surface area contributed by atoms with E-state index in [1.807, 2.05) is 31.3 Å². The third-order valence-electron chi connectivity index (χ3n) is 4.34. The number of aromatic nitrogens is 3. The topological polar surface area (TPSA) is 63.5 Å². The van der Waals surface area contributed by atoms with Crippen molar-refractivity contribution in [3.8, 4) is 10.6 Å². The molecular weight excluding hydrogens is 421 g/mol. The van der Waals surface area contributed by atoms with Crippen molar-refractivity contribution < 1.29 is 9.53 Å². The van der Waals surface area contributed by atoms with Crippen LogP contribution in [0.4, 0.5) is 5.82 Å².